The molecule has 0 aromatic carbocycles. The summed E-state index contributed by atoms with van der Waals surface area (Å²) < 4.78 is 5.18. The highest BCUT2D eigenvalue weighted by Gasteiger charge is 2.24. The average Bonchev–Trinajstić information content (AvgIpc) is 2.34. The summed E-state index contributed by atoms with van der Waals surface area (Å²) in [6.45, 7) is 8.40. The van der Waals surface area contributed by atoms with Gasteiger partial charge in [0, 0.05) is 32.6 Å². The molecule has 0 aliphatic carbocycles. The maximum atomic E-state index is 12.0. The van der Waals surface area contributed by atoms with Gasteiger partial charge in [0.1, 0.15) is 5.60 Å². The van der Waals surface area contributed by atoms with Gasteiger partial charge in [-0.15, -0.1) is 0 Å². The van der Waals surface area contributed by atoms with Gasteiger partial charge in [0.15, 0.2) is 0 Å². The van der Waals surface area contributed by atoms with Crippen LogP contribution in [0.4, 0.5) is 0 Å². The van der Waals surface area contributed by atoms with Gasteiger partial charge >= 0.3 is 5.97 Å². The predicted molar refractivity (Wildman–Crippen MR) is 72.5 cm³/mol. The van der Waals surface area contributed by atoms with E-state index in [0.29, 0.717) is 19.5 Å². The van der Waals surface area contributed by atoms with E-state index in [1.54, 1.807) is 4.90 Å². The smallest absolute Gasteiger partial charge is 0.306 e. The van der Waals surface area contributed by atoms with Crippen LogP contribution in [-0.2, 0) is 14.3 Å². The molecule has 6 heteroatoms. The molecule has 1 aliphatic rings. The molecule has 3 N–H and O–H groups in total. The van der Waals surface area contributed by atoms with Crippen LogP contribution in [0.25, 0.3) is 0 Å². The highest BCUT2D eigenvalue weighted by atomic mass is 16.6. The van der Waals surface area contributed by atoms with Gasteiger partial charge in [-0.3, -0.25) is 9.59 Å². The number of amides is 1. The molecule has 0 bridgehead atoms. The number of esters is 1. The van der Waals surface area contributed by atoms with E-state index < -0.39 is 11.6 Å². The third kappa shape index (κ3) is 6.02. The number of nitrogens with zero attached hydrogens (tertiary/aromatic N) is 1. The van der Waals surface area contributed by atoms with Gasteiger partial charge in [0.2, 0.25) is 5.91 Å². The second kappa shape index (κ2) is 6.86. The van der Waals surface area contributed by atoms with E-state index in [1.807, 2.05) is 20.8 Å². The van der Waals surface area contributed by atoms with Crippen molar-refractivity contribution in [1.82, 2.24) is 10.2 Å². The molecule has 6 nitrogen and oxygen atoms in total. The second-order valence-electron chi connectivity index (χ2n) is 5.81. The lowest BCUT2D eigenvalue weighted by Crippen LogP contribution is -2.52. The molecule has 110 valence electrons. The zero-order valence-corrected chi connectivity index (χ0v) is 12.1. The Kier molecular flexibility index (Phi) is 5.75. The normalized spacial score (nSPS) is 18.0. The van der Waals surface area contributed by atoms with Crippen LogP contribution >= 0.6 is 0 Å². The number of nitrogens with two attached hydrogens (primary N) is 1. The first-order valence-corrected chi connectivity index (χ1v) is 6.76. The zero-order chi connectivity index (χ0) is 14.5. The summed E-state index contributed by atoms with van der Waals surface area (Å²) in [6.07, 6.45) is 0.508. The number of rotatable bonds is 4. The van der Waals surface area contributed by atoms with Gasteiger partial charge in [0.05, 0.1) is 6.04 Å². The predicted octanol–water partition coefficient (Wildman–Crippen LogP) is -0.133. The number of carbonyl (C=O) groups excluding carboxylic acids is 2. The highest BCUT2D eigenvalue weighted by Crippen LogP contribution is 2.10. The number of ether oxygens (including phenoxy) is 1. The van der Waals surface area contributed by atoms with Gasteiger partial charge < -0.3 is 20.7 Å². The minimum Gasteiger partial charge on any atom is -0.460 e. The fourth-order valence-electron chi connectivity index (χ4n) is 1.91. The monoisotopic (exact) mass is 271 g/mol. The maximum absolute atomic E-state index is 12.0. The summed E-state index contributed by atoms with van der Waals surface area (Å²) in [5.41, 5.74) is 5.34. The Balaban J connectivity index is 2.31. The lowest BCUT2D eigenvalue weighted by molar-refractivity contribution is -0.155. The lowest BCUT2D eigenvalue weighted by Gasteiger charge is -2.29. The summed E-state index contributed by atoms with van der Waals surface area (Å²) >= 11 is 0. The molecule has 1 rings (SSSR count). The van der Waals surface area contributed by atoms with Crippen LogP contribution in [0.15, 0.2) is 0 Å². The topological polar surface area (TPSA) is 84.7 Å². The van der Waals surface area contributed by atoms with E-state index >= 15 is 0 Å². The molecule has 19 heavy (non-hydrogen) atoms. The Hall–Kier alpha value is -1.14. The van der Waals surface area contributed by atoms with Crippen LogP contribution in [0.2, 0.25) is 0 Å². The summed E-state index contributed by atoms with van der Waals surface area (Å²) in [5.74, 6) is -0.388. The Bertz CT molecular complexity index is 320. The Morgan fingerprint density at radius 3 is 2.42 bits per heavy atom. The Morgan fingerprint density at radius 1 is 1.32 bits per heavy atom. The van der Waals surface area contributed by atoms with E-state index in [2.05, 4.69) is 5.32 Å². The third-order valence-corrected chi connectivity index (χ3v) is 2.83. The van der Waals surface area contributed by atoms with Gasteiger partial charge in [-0.25, -0.2) is 0 Å². The fraction of sp³-hybridized carbons (Fsp3) is 0.846. The second-order valence-corrected chi connectivity index (χ2v) is 5.81. The van der Waals surface area contributed by atoms with Crippen molar-refractivity contribution < 1.29 is 14.3 Å². The van der Waals surface area contributed by atoms with E-state index in [1.165, 1.54) is 0 Å². The molecule has 1 fully saturated rings. The number of nitrogens with one attached hydrogen (secondary N) is 1. The van der Waals surface area contributed by atoms with Crippen molar-refractivity contribution in [1.29, 1.82) is 0 Å². The maximum Gasteiger partial charge on any atom is 0.306 e. The summed E-state index contributed by atoms with van der Waals surface area (Å²) in [7, 11) is 0. The van der Waals surface area contributed by atoms with Crippen molar-refractivity contribution in [3.8, 4) is 0 Å². The number of carbonyl (C=O) groups is 2. The first kappa shape index (κ1) is 15.9. The molecule has 1 heterocycles. The van der Waals surface area contributed by atoms with Crippen LogP contribution in [0.3, 0.4) is 0 Å². The molecular formula is C13H25N3O3. The molecule has 0 radical (unpaired) electrons. The SMILES string of the molecule is CC(C)(C)OC(=O)CC[C@H](N)C(=O)N1CCNCC1. The Labute approximate surface area is 114 Å². The van der Waals surface area contributed by atoms with E-state index in [0.717, 1.165) is 13.1 Å². The van der Waals surface area contributed by atoms with Crippen LogP contribution in [0.5, 0.6) is 0 Å². The van der Waals surface area contributed by atoms with Crippen LogP contribution < -0.4 is 11.1 Å². The van der Waals surface area contributed by atoms with Gasteiger partial charge in [0.25, 0.3) is 0 Å². The molecule has 1 saturated heterocycles. The molecule has 0 saturated carbocycles. The molecule has 1 amide bonds. The van der Waals surface area contributed by atoms with Crippen molar-refractivity contribution in [2.75, 3.05) is 26.2 Å². The van der Waals surface area contributed by atoms with Gasteiger partial charge in [-0.1, -0.05) is 0 Å². The first-order chi connectivity index (χ1) is 8.79. The van der Waals surface area contributed by atoms with E-state index in [4.69, 9.17) is 10.5 Å². The molecule has 0 aromatic rings. The van der Waals surface area contributed by atoms with Crippen molar-refractivity contribution >= 4 is 11.9 Å². The Morgan fingerprint density at radius 2 is 1.89 bits per heavy atom. The standard InChI is InChI=1S/C13H25N3O3/c1-13(2,3)19-11(17)5-4-10(14)12(18)16-8-6-15-7-9-16/h10,15H,4-9,14H2,1-3H3/t10-/m0/s1. The van der Waals surface area contributed by atoms with E-state index in [-0.39, 0.29) is 18.3 Å². The van der Waals surface area contributed by atoms with Crippen molar-refractivity contribution in [2.24, 2.45) is 5.73 Å². The van der Waals surface area contributed by atoms with Crippen molar-refractivity contribution in [3.63, 3.8) is 0 Å². The third-order valence-electron chi connectivity index (χ3n) is 2.83. The van der Waals surface area contributed by atoms with Gasteiger partial charge in [-0.05, 0) is 27.2 Å². The lowest BCUT2D eigenvalue weighted by atomic mass is 10.1. The largest absolute Gasteiger partial charge is 0.460 e. The average molecular weight is 271 g/mol. The zero-order valence-electron chi connectivity index (χ0n) is 12.1. The van der Waals surface area contributed by atoms with Crippen molar-refractivity contribution in [3.05, 3.63) is 0 Å². The molecular weight excluding hydrogens is 246 g/mol. The number of hydrogen-bond donors (Lipinski definition) is 2. The molecule has 0 spiro atoms. The quantitative estimate of drug-likeness (QED) is 0.696. The fourth-order valence-corrected chi connectivity index (χ4v) is 1.91. The first-order valence-electron chi connectivity index (χ1n) is 6.76. The van der Waals surface area contributed by atoms with Crippen LogP contribution in [-0.4, -0.2) is 54.6 Å². The molecule has 0 aromatic heterocycles. The number of piperazine rings is 1. The van der Waals surface area contributed by atoms with Crippen molar-refractivity contribution in [2.45, 2.75) is 45.3 Å². The summed E-state index contributed by atoms with van der Waals surface area (Å²) in [5, 5.41) is 3.18. The summed E-state index contributed by atoms with van der Waals surface area (Å²) in [6, 6.07) is -0.620. The van der Waals surface area contributed by atoms with Gasteiger partial charge in [-0.2, -0.15) is 0 Å². The van der Waals surface area contributed by atoms with Crippen LogP contribution in [0, 0.1) is 0 Å². The highest BCUT2D eigenvalue weighted by molar-refractivity contribution is 5.82. The molecule has 1 atom stereocenters. The number of hydrogen-bond acceptors (Lipinski definition) is 5. The minimum atomic E-state index is -0.620. The molecule has 1 aliphatic heterocycles. The van der Waals surface area contributed by atoms with E-state index in [9.17, 15) is 9.59 Å². The minimum absolute atomic E-state index is 0.0786. The van der Waals surface area contributed by atoms with Crippen LogP contribution in [0.1, 0.15) is 33.6 Å². The summed E-state index contributed by atoms with van der Waals surface area (Å²) in [4.78, 5) is 25.3. The molecule has 0 unspecified atom stereocenters.